The molecule has 26 nitrogen and oxygen atoms in total. The van der Waals surface area contributed by atoms with E-state index in [1.54, 1.807) is 0 Å². The molecule has 3 aliphatic heterocycles. The first-order chi connectivity index (χ1) is 29.9. The van der Waals surface area contributed by atoms with Gasteiger partial charge in [-0.25, -0.2) is 0 Å². The highest BCUT2D eigenvalue weighted by Crippen LogP contribution is 2.38. The van der Waals surface area contributed by atoms with Crippen LogP contribution in [0.3, 0.4) is 0 Å². The van der Waals surface area contributed by atoms with E-state index in [1.807, 2.05) is 0 Å². The van der Waals surface area contributed by atoms with Gasteiger partial charge in [0.25, 0.3) is 0 Å². The molecule has 3 aliphatic rings. The van der Waals surface area contributed by atoms with E-state index in [1.165, 1.54) is 0 Å². The fourth-order valence-electron chi connectivity index (χ4n) is 6.77. The topological polar surface area (TPSA) is 329 Å². The van der Waals surface area contributed by atoms with Gasteiger partial charge in [0.05, 0.1) is 0 Å². The summed E-state index contributed by atoms with van der Waals surface area (Å²) in [4.78, 5) is 124. The van der Waals surface area contributed by atoms with Crippen LogP contribution >= 0.6 is 0 Å². The average molecular weight is 925 g/mol. The number of carbonyl (C=O) groups is 10. The summed E-state index contributed by atoms with van der Waals surface area (Å²) >= 11 is 0. The molecule has 0 aromatic heterocycles. The number of carbonyl (C=O) groups excluding carboxylic acids is 10. The second-order valence-electron chi connectivity index (χ2n) is 14.3. The summed E-state index contributed by atoms with van der Waals surface area (Å²) < 4.78 is 84.2. The molecule has 26 heteroatoms. The Kier molecular flexibility index (Phi) is 19.8. The molecule has 0 bridgehead atoms. The van der Waals surface area contributed by atoms with E-state index in [9.17, 15) is 53.1 Å². The molecule has 15 atom stereocenters. The summed E-state index contributed by atoms with van der Waals surface area (Å²) in [7, 11) is 0. The van der Waals surface area contributed by atoms with Gasteiger partial charge >= 0.3 is 59.7 Å². The van der Waals surface area contributed by atoms with Crippen molar-refractivity contribution >= 4 is 59.7 Å². The molecule has 0 aromatic carbocycles. The van der Waals surface area contributed by atoms with Gasteiger partial charge in [-0.3, -0.25) is 47.9 Å². The standard InChI is InChI=1S/C38H52O26/c1-14(39)50-11-24-28(30(54-18(5)43)33(36(49)60-24)57-21(8)46)63-38-35(59-23(10)48)32(56-20(7)45)29(26(62-38)13-52-16(3)41)64-37-34(58-22(9)47)31(55-19(6)44)27(53-17(4)42)25(61-37)12-51-15(2)40/h24-38,49H,11-13H2,1-10H3/t24-,25-,26-,27-,28-,29-,30+,31+,32+,33-,34-,35-,36+,37+,38+/m1/s1. The number of rotatable bonds is 17. The summed E-state index contributed by atoms with van der Waals surface area (Å²) in [5.41, 5.74) is 0. The molecular formula is C38H52O26. The third kappa shape index (κ3) is 15.6. The minimum absolute atomic E-state index is 0.681. The Morgan fingerprint density at radius 1 is 0.328 bits per heavy atom. The fraction of sp³-hybridized carbons (Fsp3) is 0.737. The molecule has 0 spiro atoms. The predicted octanol–water partition coefficient (Wildman–Crippen LogP) is -1.86. The average Bonchev–Trinajstić information content (AvgIpc) is 3.15. The van der Waals surface area contributed by atoms with Gasteiger partial charge in [0.1, 0.15) is 50.3 Å². The second-order valence-corrected chi connectivity index (χ2v) is 14.3. The fourth-order valence-corrected chi connectivity index (χ4v) is 6.77. The number of hydrogen-bond acceptors (Lipinski definition) is 26. The molecule has 3 saturated heterocycles. The van der Waals surface area contributed by atoms with Gasteiger partial charge in [-0.1, -0.05) is 0 Å². The van der Waals surface area contributed by atoms with Crippen LogP contribution in [0.2, 0.25) is 0 Å². The summed E-state index contributed by atoms with van der Waals surface area (Å²) in [6, 6.07) is 0. The van der Waals surface area contributed by atoms with Gasteiger partial charge in [0, 0.05) is 69.2 Å². The Balaban J connectivity index is 2.28. The van der Waals surface area contributed by atoms with Gasteiger partial charge in [0.2, 0.25) is 0 Å². The Morgan fingerprint density at radius 2 is 0.578 bits per heavy atom. The molecule has 0 radical (unpaired) electrons. The molecule has 64 heavy (non-hydrogen) atoms. The number of ether oxygens (including phenoxy) is 15. The quantitative estimate of drug-likeness (QED) is 0.123. The number of aliphatic hydroxyl groups is 1. The van der Waals surface area contributed by atoms with Gasteiger partial charge in [-0.2, -0.15) is 0 Å². The number of esters is 10. The minimum Gasteiger partial charge on any atom is -0.463 e. The van der Waals surface area contributed by atoms with Gasteiger partial charge < -0.3 is 76.2 Å². The van der Waals surface area contributed by atoms with Crippen molar-refractivity contribution in [2.75, 3.05) is 19.8 Å². The maximum atomic E-state index is 12.9. The van der Waals surface area contributed by atoms with E-state index in [0.29, 0.717) is 0 Å². The minimum atomic E-state index is -2.02. The summed E-state index contributed by atoms with van der Waals surface area (Å²) in [5, 5.41) is 10.9. The van der Waals surface area contributed by atoms with Gasteiger partial charge in [-0.05, 0) is 0 Å². The van der Waals surface area contributed by atoms with Crippen LogP contribution in [0.5, 0.6) is 0 Å². The lowest BCUT2D eigenvalue weighted by atomic mass is 9.95. The van der Waals surface area contributed by atoms with Crippen molar-refractivity contribution in [3.63, 3.8) is 0 Å². The zero-order valence-corrected chi connectivity index (χ0v) is 36.4. The Hall–Kier alpha value is -5.54. The third-order valence-corrected chi connectivity index (χ3v) is 8.84. The maximum absolute atomic E-state index is 12.9. The first-order valence-corrected chi connectivity index (χ1v) is 19.4. The molecule has 0 saturated carbocycles. The van der Waals surface area contributed by atoms with E-state index >= 15 is 0 Å². The van der Waals surface area contributed by atoms with Crippen LogP contribution in [0.15, 0.2) is 0 Å². The maximum Gasteiger partial charge on any atom is 0.303 e. The zero-order valence-electron chi connectivity index (χ0n) is 36.4. The Labute approximate surface area is 364 Å². The molecular weight excluding hydrogens is 872 g/mol. The summed E-state index contributed by atoms with van der Waals surface area (Å²) in [6.07, 6.45) is -27.2. The Bertz CT molecular complexity index is 1730. The predicted molar refractivity (Wildman–Crippen MR) is 197 cm³/mol. The third-order valence-electron chi connectivity index (χ3n) is 8.84. The normalized spacial score (nSPS) is 32.3. The van der Waals surface area contributed by atoms with Crippen molar-refractivity contribution in [3.05, 3.63) is 0 Å². The van der Waals surface area contributed by atoms with Crippen LogP contribution in [-0.4, -0.2) is 177 Å². The second kappa shape index (κ2) is 23.9. The lowest BCUT2D eigenvalue weighted by Crippen LogP contribution is -2.68. The van der Waals surface area contributed by atoms with Crippen LogP contribution in [0.4, 0.5) is 0 Å². The highest BCUT2D eigenvalue weighted by Gasteiger charge is 2.59. The largest absolute Gasteiger partial charge is 0.463 e. The smallest absolute Gasteiger partial charge is 0.303 e. The zero-order chi connectivity index (χ0) is 48.2. The lowest BCUT2D eigenvalue weighted by Gasteiger charge is -2.50. The van der Waals surface area contributed by atoms with Crippen molar-refractivity contribution in [1.82, 2.24) is 0 Å². The lowest BCUT2D eigenvalue weighted by molar-refractivity contribution is -0.378. The Morgan fingerprint density at radius 3 is 0.906 bits per heavy atom. The number of aliphatic hydroxyl groups excluding tert-OH is 1. The molecule has 1 N–H and O–H groups in total. The van der Waals surface area contributed by atoms with Crippen LogP contribution in [0.1, 0.15) is 69.2 Å². The molecule has 0 aliphatic carbocycles. The highest BCUT2D eigenvalue weighted by molar-refractivity contribution is 5.70. The molecule has 3 rings (SSSR count). The van der Waals surface area contributed by atoms with E-state index in [0.717, 1.165) is 69.2 Å². The van der Waals surface area contributed by atoms with Gasteiger partial charge in [-0.15, -0.1) is 0 Å². The molecule has 0 amide bonds. The van der Waals surface area contributed by atoms with E-state index in [2.05, 4.69) is 0 Å². The highest BCUT2D eigenvalue weighted by atomic mass is 16.8. The van der Waals surface area contributed by atoms with Crippen molar-refractivity contribution in [1.29, 1.82) is 0 Å². The van der Waals surface area contributed by atoms with E-state index in [-0.39, 0.29) is 0 Å². The van der Waals surface area contributed by atoms with Crippen molar-refractivity contribution in [2.45, 2.75) is 161 Å². The van der Waals surface area contributed by atoms with Gasteiger partial charge in [0.15, 0.2) is 61.6 Å². The van der Waals surface area contributed by atoms with Crippen molar-refractivity contribution in [3.8, 4) is 0 Å². The van der Waals surface area contributed by atoms with E-state index in [4.69, 9.17) is 71.1 Å². The van der Waals surface area contributed by atoms with Crippen LogP contribution in [0.25, 0.3) is 0 Å². The molecule has 3 fully saturated rings. The SMILES string of the molecule is CC(=O)OC[C@H]1O[C@H](O)[C@H](OC(C)=O)[C@@H](OC(C)=O)[C@@H]1O[C@@H]1O[C@H](COC(C)=O)[C@@H](O[C@@H]2O[C@H](COC(C)=O)[C@@H](OC(C)=O)[C@H](OC(C)=O)[C@H]2OC(C)=O)[C@H](OC(C)=O)[C@H]1OC(C)=O. The first kappa shape index (κ1) is 52.8. The monoisotopic (exact) mass is 924 g/mol. The van der Waals surface area contributed by atoms with Crippen molar-refractivity contribution < 1.29 is 124 Å². The number of hydrogen-bond donors (Lipinski definition) is 1. The molecule has 3 heterocycles. The molecule has 0 aromatic rings. The van der Waals surface area contributed by atoms with E-state index < -0.39 is 172 Å². The molecule has 0 unspecified atom stereocenters. The van der Waals surface area contributed by atoms with Crippen LogP contribution < -0.4 is 0 Å². The molecule has 360 valence electrons. The summed E-state index contributed by atoms with van der Waals surface area (Å²) in [5.74, 6) is -9.61. The van der Waals surface area contributed by atoms with Crippen molar-refractivity contribution in [2.24, 2.45) is 0 Å². The first-order valence-electron chi connectivity index (χ1n) is 19.4. The summed E-state index contributed by atoms with van der Waals surface area (Å²) in [6.45, 7) is 7.65. The van der Waals surface area contributed by atoms with Crippen LogP contribution in [-0.2, 0) is 119 Å². The van der Waals surface area contributed by atoms with Crippen LogP contribution in [0, 0.1) is 0 Å².